The van der Waals surface area contributed by atoms with Crippen LogP contribution in [0.5, 0.6) is 5.75 Å². The fourth-order valence-electron chi connectivity index (χ4n) is 2.58. The van der Waals surface area contributed by atoms with Crippen molar-refractivity contribution in [3.8, 4) is 16.9 Å². The maximum atomic E-state index is 12.5. The summed E-state index contributed by atoms with van der Waals surface area (Å²) in [7, 11) is 0. The van der Waals surface area contributed by atoms with Gasteiger partial charge in [-0.15, -0.1) is 0 Å². The van der Waals surface area contributed by atoms with E-state index in [4.69, 9.17) is 10.5 Å². The van der Waals surface area contributed by atoms with E-state index in [2.05, 4.69) is 15.3 Å². The van der Waals surface area contributed by atoms with Crippen molar-refractivity contribution in [1.82, 2.24) is 15.3 Å². The summed E-state index contributed by atoms with van der Waals surface area (Å²) in [5, 5.41) is 2.81. The first-order valence-electron chi connectivity index (χ1n) is 8.35. The molecule has 26 heavy (non-hydrogen) atoms. The number of hydrogen-bond donors (Lipinski definition) is 2. The van der Waals surface area contributed by atoms with Gasteiger partial charge in [-0.2, -0.15) is 0 Å². The van der Waals surface area contributed by atoms with Crippen LogP contribution >= 0.6 is 0 Å². The maximum absolute atomic E-state index is 12.5. The van der Waals surface area contributed by atoms with Gasteiger partial charge in [-0.1, -0.05) is 30.3 Å². The third-order valence-corrected chi connectivity index (χ3v) is 3.76. The quantitative estimate of drug-likeness (QED) is 0.714. The number of carbonyl (C=O) groups is 1. The molecule has 0 saturated heterocycles. The van der Waals surface area contributed by atoms with E-state index in [1.807, 2.05) is 49.4 Å². The first-order valence-corrected chi connectivity index (χ1v) is 8.35. The number of para-hydroxylation sites is 1. The lowest BCUT2D eigenvalue weighted by Gasteiger charge is -2.11. The average molecular weight is 348 g/mol. The van der Waals surface area contributed by atoms with Gasteiger partial charge >= 0.3 is 0 Å². The first-order chi connectivity index (χ1) is 12.7. The van der Waals surface area contributed by atoms with Crippen LogP contribution in [0.15, 0.2) is 60.8 Å². The molecule has 0 fully saturated rings. The summed E-state index contributed by atoms with van der Waals surface area (Å²) in [5.74, 6) is 1.43. The normalized spacial score (nSPS) is 10.3. The number of benzene rings is 2. The van der Waals surface area contributed by atoms with E-state index in [9.17, 15) is 4.79 Å². The molecule has 132 valence electrons. The third kappa shape index (κ3) is 4.16. The van der Waals surface area contributed by atoms with Crippen molar-refractivity contribution in [3.05, 3.63) is 72.2 Å². The lowest BCUT2D eigenvalue weighted by molar-refractivity contribution is 0.0950. The number of nitrogen functional groups attached to an aromatic ring is 1. The van der Waals surface area contributed by atoms with Gasteiger partial charge < -0.3 is 15.8 Å². The zero-order chi connectivity index (χ0) is 18.4. The van der Waals surface area contributed by atoms with Crippen LogP contribution in [0.25, 0.3) is 11.1 Å². The molecule has 2 aromatic carbocycles. The highest BCUT2D eigenvalue weighted by Crippen LogP contribution is 2.30. The lowest BCUT2D eigenvalue weighted by Crippen LogP contribution is -2.24. The summed E-state index contributed by atoms with van der Waals surface area (Å²) >= 11 is 0. The Hall–Kier alpha value is -3.41. The number of hydrogen-bond acceptors (Lipinski definition) is 5. The highest BCUT2D eigenvalue weighted by Gasteiger charge is 2.10. The van der Waals surface area contributed by atoms with Crippen LogP contribution < -0.4 is 15.8 Å². The topological polar surface area (TPSA) is 90.1 Å². The minimum absolute atomic E-state index is 0.202. The summed E-state index contributed by atoms with van der Waals surface area (Å²) in [6, 6.07) is 16.8. The van der Waals surface area contributed by atoms with Crippen molar-refractivity contribution in [1.29, 1.82) is 0 Å². The minimum Gasteiger partial charge on any atom is -0.493 e. The molecule has 0 unspecified atom stereocenters. The molecule has 0 radical (unpaired) electrons. The Morgan fingerprint density at radius 1 is 1.15 bits per heavy atom. The van der Waals surface area contributed by atoms with Crippen LogP contribution in [-0.4, -0.2) is 22.5 Å². The van der Waals surface area contributed by atoms with E-state index in [1.165, 1.54) is 0 Å². The Kier molecular flexibility index (Phi) is 5.43. The number of nitrogens with one attached hydrogen (secondary N) is 1. The van der Waals surface area contributed by atoms with Crippen molar-refractivity contribution >= 4 is 11.7 Å². The Morgan fingerprint density at radius 2 is 2.00 bits per heavy atom. The van der Waals surface area contributed by atoms with Gasteiger partial charge in [0.1, 0.15) is 17.4 Å². The molecule has 6 nitrogen and oxygen atoms in total. The molecule has 3 N–H and O–H groups in total. The molecule has 1 heterocycles. The van der Waals surface area contributed by atoms with Crippen molar-refractivity contribution in [3.63, 3.8) is 0 Å². The summed E-state index contributed by atoms with van der Waals surface area (Å²) in [6.45, 7) is 2.74. The molecule has 6 heteroatoms. The van der Waals surface area contributed by atoms with Crippen molar-refractivity contribution in [2.75, 3.05) is 12.3 Å². The van der Waals surface area contributed by atoms with Crippen LogP contribution in [0, 0.1) is 0 Å². The van der Waals surface area contributed by atoms with Crippen LogP contribution in [0.3, 0.4) is 0 Å². The monoisotopic (exact) mass is 348 g/mol. The molecule has 0 bridgehead atoms. The highest BCUT2D eigenvalue weighted by molar-refractivity contribution is 5.95. The van der Waals surface area contributed by atoms with Crippen LogP contribution in [0.1, 0.15) is 23.1 Å². The summed E-state index contributed by atoms with van der Waals surface area (Å²) in [6.07, 6.45) is 1.56. The number of amides is 1. The third-order valence-electron chi connectivity index (χ3n) is 3.76. The van der Waals surface area contributed by atoms with E-state index in [0.717, 1.165) is 16.9 Å². The van der Waals surface area contributed by atoms with Gasteiger partial charge in [-0.05, 0) is 36.8 Å². The smallest absolute Gasteiger partial charge is 0.251 e. The fourth-order valence-corrected chi connectivity index (χ4v) is 2.58. The Labute approximate surface area is 152 Å². The van der Waals surface area contributed by atoms with E-state index in [-0.39, 0.29) is 12.5 Å². The molecule has 3 rings (SSSR count). The zero-order valence-electron chi connectivity index (χ0n) is 14.5. The number of nitrogens with two attached hydrogens (primary N) is 1. The SMILES string of the molecule is CCOc1ccccc1-c1cccc(C(=O)NCc2nccc(N)n2)c1. The number of aromatic nitrogens is 2. The van der Waals surface area contributed by atoms with E-state index < -0.39 is 0 Å². The molecule has 1 amide bonds. The summed E-state index contributed by atoms with van der Waals surface area (Å²) < 4.78 is 5.68. The maximum Gasteiger partial charge on any atom is 0.251 e. The van der Waals surface area contributed by atoms with Gasteiger partial charge in [0.05, 0.1) is 13.2 Å². The Bertz CT molecular complexity index is 912. The molecule has 0 saturated carbocycles. The number of carbonyl (C=O) groups excluding carboxylic acids is 1. The van der Waals surface area contributed by atoms with Crippen molar-refractivity contribution < 1.29 is 9.53 Å². The van der Waals surface area contributed by atoms with Crippen LogP contribution in [0.2, 0.25) is 0 Å². The fraction of sp³-hybridized carbons (Fsp3) is 0.150. The Morgan fingerprint density at radius 3 is 2.81 bits per heavy atom. The Balaban J connectivity index is 1.78. The lowest BCUT2D eigenvalue weighted by atomic mass is 10.0. The second-order valence-electron chi connectivity index (χ2n) is 5.59. The molecule has 0 spiro atoms. The van der Waals surface area contributed by atoms with E-state index >= 15 is 0 Å². The summed E-state index contributed by atoms with van der Waals surface area (Å²) in [5.41, 5.74) is 8.04. The van der Waals surface area contributed by atoms with Crippen LogP contribution in [-0.2, 0) is 6.54 Å². The van der Waals surface area contributed by atoms with Gasteiger partial charge in [0.15, 0.2) is 0 Å². The summed E-state index contributed by atoms with van der Waals surface area (Å²) in [4.78, 5) is 20.6. The van der Waals surface area contributed by atoms with Crippen LogP contribution in [0.4, 0.5) is 5.82 Å². The van der Waals surface area contributed by atoms with Gasteiger partial charge in [0.25, 0.3) is 5.91 Å². The van der Waals surface area contributed by atoms with Gasteiger partial charge in [-0.25, -0.2) is 9.97 Å². The molecule has 0 aliphatic carbocycles. The zero-order valence-corrected chi connectivity index (χ0v) is 14.5. The number of rotatable bonds is 6. The van der Waals surface area contributed by atoms with Crippen molar-refractivity contribution in [2.24, 2.45) is 0 Å². The number of anilines is 1. The van der Waals surface area contributed by atoms with E-state index in [1.54, 1.807) is 18.3 Å². The molecule has 0 aliphatic rings. The molecule has 0 atom stereocenters. The predicted molar refractivity (Wildman–Crippen MR) is 101 cm³/mol. The molecule has 0 aliphatic heterocycles. The first kappa shape index (κ1) is 17.4. The van der Waals surface area contributed by atoms with E-state index in [0.29, 0.717) is 23.8 Å². The predicted octanol–water partition coefficient (Wildman–Crippen LogP) is 3.05. The highest BCUT2D eigenvalue weighted by atomic mass is 16.5. The number of nitrogens with zero attached hydrogens (tertiary/aromatic N) is 2. The second kappa shape index (κ2) is 8.11. The largest absolute Gasteiger partial charge is 0.493 e. The van der Waals surface area contributed by atoms with Gasteiger partial charge in [-0.3, -0.25) is 4.79 Å². The minimum atomic E-state index is -0.202. The van der Waals surface area contributed by atoms with Gasteiger partial charge in [0.2, 0.25) is 0 Å². The molecular weight excluding hydrogens is 328 g/mol. The standard InChI is InChI=1S/C20H20N4O2/c1-2-26-17-9-4-3-8-16(17)14-6-5-7-15(12-14)20(25)23-13-19-22-11-10-18(21)24-19/h3-12H,2,13H2,1H3,(H,23,25)(H2,21,22,24). The molecule has 1 aromatic heterocycles. The second-order valence-corrected chi connectivity index (χ2v) is 5.59. The average Bonchev–Trinajstić information content (AvgIpc) is 2.67. The van der Waals surface area contributed by atoms with Gasteiger partial charge in [0, 0.05) is 17.3 Å². The number of ether oxygens (including phenoxy) is 1. The molecular formula is C20H20N4O2. The van der Waals surface area contributed by atoms with Crippen molar-refractivity contribution in [2.45, 2.75) is 13.5 Å². The molecule has 3 aromatic rings.